The van der Waals surface area contributed by atoms with E-state index in [0.717, 1.165) is 22.4 Å². The van der Waals surface area contributed by atoms with Crippen molar-refractivity contribution >= 4 is 22.1 Å². The molecule has 0 aromatic heterocycles. The number of nitrogens with zero attached hydrogens (tertiary/aromatic N) is 1. The van der Waals surface area contributed by atoms with E-state index in [1.165, 1.54) is 11.8 Å². The van der Waals surface area contributed by atoms with Gasteiger partial charge in [0.05, 0.1) is 17.2 Å². The van der Waals surface area contributed by atoms with Gasteiger partial charge in [0.2, 0.25) is 15.9 Å². The van der Waals surface area contributed by atoms with Gasteiger partial charge in [0.1, 0.15) is 12.4 Å². The van der Waals surface area contributed by atoms with Crippen molar-refractivity contribution in [1.29, 1.82) is 0 Å². The SMILES string of the molecule is Cc1ccc(S(=O)(=O)N[C@H](CC(=O)N/N=C\c2ccc(OCc3cccc(C)c3)cc2)c2ccccc2)cc1. The smallest absolute Gasteiger partial charge is 0.242 e. The molecule has 4 aromatic rings. The van der Waals surface area contributed by atoms with Gasteiger partial charge in [-0.1, -0.05) is 77.9 Å². The molecule has 7 nitrogen and oxygen atoms in total. The van der Waals surface area contributed by atoms with Gasteiger partial charge in [-0.05, 0) is 66.9 Å². The number of ether oxygens (including phenoxy) is 1. The maximum atomic E-state index is 13.0. The number of sulfonamides is 1. The highest BCUT2D eigenvalue weighted by Crippen LogP contribution is 2.21. The Morgan fingerprint density at radius 3 is 2.28 bits per heavy atom. The van der Waals surface area contributed by atoms with Gasteiger partial charge < -0.3 is 4.74 Å². The van der Waals surface area contributed by atoms with Crippen LogP contribution in [0.1, 0.15) is 40.3 Å². The molecule has 1 amide bonds. The number of benzene rings is 4. The summed E-state index contributed by atoms with van der Waals surface area (Å²) in [7, 11) is -3.84. The van der Waals surface area contributed by atoms with Gasteiger partial charge in [-0.2, -0.15) is 5.10 Å². The third-order valence-corrected chi connectivity index (χ3v) is 7.48. The van der Waals surface area contributed by atoms with Gasteiger partial charge in [-0.3, -0.25) is 4.79 Å². The van der Waals surface area contributed by atoms with E-state index in [4.69, 9.17) is 4.74 Å². The van der Waals surface area contributed by atoms with E-state index in [9.17, 15) is 13.2 Å². The van der Waals surface area contributed by atoms with E-state index in [0.29, 0.717) is 12.2 Å². The summed E-state index contributed by atoms with van der Waals surface area (Å²) in [6, 6.07) is 30.3. The predicted molar refractivity (Wildman–Crippen MR) is 153 cm³/mol. The largest absolute Gasteiger partial charge is 0.489 e. The number of hydrogen-bond donors (Lipinski definition) is 2. The Kier molecular flexibility index (Phi) is 9.25. The summed E-state index contributed by atoms with van der Waals surface area (Å²) in [5.41, 5.74) is 7.18. The van der Waals surface area contributed by atoms with Crippen molar-refractivity contribution in [2.24, 2.45) is 5.10 Å². The molecular weight excluding hydrogens is 510 g/mol. The topological polar surface area (TPSA) is 96.9 Å². The number of carbonyl (C=O) groups excluding carboxylic acids is 1. The molecule has 0 aliphatic carbocycles. The van der Waals surface area contributed by atoms with Crippen molar-refractivity contribution in [2.75, 3.05) is 0 Å². The van der Waals surface area contributed by atoms with Crippen LogP contribution in [0.4, 0.5) is 0 Å². The first-order valence-electron chi connectivity index (χ1n) is 12.5. The number of nitrogens with one attached hydrogen (secondary N) is 2. The van der Waals surface area contributed by atoms with Gasteiger partial charge in [-0.25, -0.2) is 18.6 Å². The summed E-state index contributed by atoms with van der Waals surface area (Å²) in [5, 5.41) is 4.04. The van der Waals surface area contributed by atoms with Gasteiger partial charge in [0.25, 0.3) is 0 Å². The fraction of sp³-hybridized carbons (Fsp3) is 0.161. The van der Waals surface area contributed by atoms with E-state index in [1.54, 1.807) is 48.5 Å². The predicted octanol–water partition coefficient (Wildman–Crippen LogP) is 5.44. The van der Waals surface area contributed by atoms with E-state index in [1.807, 2.05) is 62.4 Å². The molecule has 4 aromatic carbocycles. The van der Waals surface area contributed by atoms with Crippen molar-refractivity contribution in [3.8, 4) is 5.75 Å². The molecule has 0 unspecified atom stereocenters. The van der Waals surface area contributed by atoms with E-state index in [-0.39, 0.29) is 11.3 Å². The number of amides is 1. The van der Waals surface area contributed by atoms with Gasteiger partial charge >= 0.3 is 0 Å². The Hall–Kier alpha value is -4.27. The molecule has 1 atom stereocenters. The Labute approximate surface area is 229 Å². The minimum Gasteiger partial charge on any atom is -0.489 e. The molecular formula is C31H31N3O4S. The molecule has 0 saturated heterocycles. The maximum Gasteiger partial charge on any atom is 0.242 e. The summed E-state index contributed by atoms with van der Waals surface area (Å²) in [6.07, 6.45) is 1.40. The first-order valence-corrected chi connectivity index (χ1v) is 14.0. The lowest BCUT2D eigenvalue weighted by Crippen LogP contribution is -2.32. The molecule has 2 N–H and O–H groups in total. The van der Waals surface area contributed by atoms with Crippen LogP contribution in [0.5, 0.6) is 5.75 Å². The van der Waals surface area contributed by atoms with Crippen molar-refractivity contribution < 1.29 is 17.9 Å². The maximum absolute atomic E-state index is 13.0. The Morgan fingerprint density at radius 1 is 0.872 bits per heavy atom. The normalized spacial score (nSPS) is 12.3. The Morgan fingerprint density at radius 2 is 1.59 bits per heavy atom. The van der Waals surface area contributed by atoms with Crippen molar-refractivity contribution in [1.82, 2.24) is 10.1 Å². The summed E-state index contributed by atoms with van der Waals surface area (Å²) >= 11 is 0. The van der Waals surface area contributed by atoms with Gasteiger partial charge in [-0.15, -0.1) is 0 Å². The van der Waals surface area contributed by atoms with Crippen LogP contribution in [0.15, 0.2) is 113 Å². The van der Waals surface area contributed by atoms with E-state index < -0.39 is 22.0 Å². The van der Waals surface area contributed by atoms with Crippen molar-refractivity contribution in [3.05, 3.63) is 131 Å². The van der Waals surface area contributed by atoms with Crippen molar-refractivity contribution in [2.45, 2.75) is 37.8 Å². The zero-order chi connectivity index (χ0) is 27.7. The third kappa shape index (κ3) is 8.36. The zero-order valence-corrected chi connectivity index (χ0v) is 22.7. The second-order valence-electron chi connectivity index (χ2n) is 9.24. The minimum atomic E-state index is -3.84. The second-order valence-corrected chi connectivity index (χ2v) is 11.0. The minimum absolute atomic E-state index is 0.127. The first kappa shape index (κ1) is 27.8. The number of hydrogen-bond acceptors (Lipinski definition) is 5. The lowest BCUT2D eigenvalue weighted by atomic mass is 10.0. The van der Waals surface area contributed by atoms with Crippen LogP contribution in [-0.2, 0) is 21.4 Å². The van der Waals surface area contributed by atoms with Crippen LogP contribution in [-0.4, -0.2) is 20.5 Å². The summed E-state index contributed by atoms with van der Waals surface area (Å²) in [4.78, 5) is 12.8. The molecule has 39 heavy (non-hydrogen) atoms. The highest BCUT2D eigenvalue weighted by molar-refractivity contribution is 7.89. The molecule has 0 spiro atoms. The number of hydrazone groups is 1. The first-order chi connectivity index (χ1) is 18.8. The Balaban J connectivity index is 1.35. The summed E-state index contributed by atoms with van der Waals surface area (Å²) in [6.45, 7) is 4.40. The quantitative estimate of drug-likeness (QED) is 0.195. The van der Waals surface area contributed by atoms with Crippen LogP contribution in [0.3, 0.4) is 0 Å². The van der Waals surface area contributed by atoms with Crippen LogP contribution < -0.4 is 14.9 Å². The molecule has 4 rings (SSSR count). The van der Waals surface area contributed by atoms with E-state index >= 15 is 0 Å². The van der Waals surface area contributed by atoms with Crippen LogP contribution in [0, 0.1) is 13.8 Å². The average Bonchev–Trinajstić information content (AvgIpc) is 2.93. The van der Waals surface area contributed by atoms with Gasteiger partial charge in [0, 0.05) is 6.42 Å². The van der Waals surface area contributed by atoms with Crippen LogP contribution in [0.25, 0.3) is 0 Å². The summed E-state index contributed by atoms with van der Waals surface area (Å²) < 4.78 is 34.5. The molecule has 8 heteroatoms. The Bertz CT molecular complexity index is 1520. The zero-order valence-electron chi connectivity index (χ0n) is 21.9. The highest BCUT2D eigenvalue weighted by Gasteiger charge is 2.23. The number of rotatable bonds is 11. The standard InChI is InChI=1S/C31H31N3O4S/c1-23-11-17-29(18-12-23)39(36,37)34-30(27-9-4-3-5-10-27)20-31(35)33-32-21-25-13-15-28(16-14-25)38-22-26-8-6-7-24(2)19-26/h3-19,21,30,34H,20,22H2,1-2H3,(H,33,35)/b32-21-/t30-/m1/s1. The molecule has 0 aliphatic rings. The highest BCUT2D eigenvalue weighted by atomic mass is 32.2. The monoisotopic (exact) mass is 541 g/mol. The third-order valence-electron chi connectivity index (χ3n) is 5.99. The lowest BCUT2D eigenvalue weighted by molar-refractivity contribution is -0.121. The average molecular weight is 542 g/mol. The second kappa shape index (κ2) is 13.0. The van der Waals surface area contributed by atoms with Crippen LogP contribution >= 0.6 is 0 Å². The molecule has 0 bridgehead atoms. The number of aryl methyl sites for hydroxylation is 2. The molecule has 0 heterocycles. The molecule has 0 saturated carbocycles. The van der Waals surface area contributed by atoms with Crippen molar-refractivity contribution in [3.63, 3.8) is 0 Å². The summed E-state index contributed by atoms with van der Waals surface area (Å²) in [5.74, 6) is 0.300. The van der Waals surface area contributed by atoms with Gasteiger partial charge in [0.15, 0.2) is 0 Å². The number of carbonyl (C=O) groups is 1. The molecule has 0 aliphatic heterocycles. The molecule has 0 fully saturated rings. The molecule has 0 radical (unpaired) electrons. The fourth-order valence-corrected chi connectivity index (χ4v) is 5.14. The van der Waals surface area contributed by atoms with E-state index in [2.05, 4.69) is 21.3 Å². The molecule has 200 valence electrons. The fourth-order valence-electron chi connectivity index (χ4n) is 3.91. The van der Waals surface area contributed by atoms with Crippen LogP contribution in [0.2, 0.25) is 0 Å². The lowest BCUT2D eigenvalue weighted by Gasteiger charge is -2.18.